The van der Waals surface area contributed by atoms with Crippen molar-refractivity contribution in [3.05, 3.63) is 75.9 Å². The highest BCUT2D eigenvalue weighted by Gasteiger charge is 2.08. The Kier molecular flexibility index (Phi) is 8.72. The summed E-state index contributed by atoms with van der Waals surface area (Å²) >= 11 is 5.21. The maximum Gasteiger partial charge on any atom is 0.170 e. The Hall–Kier alpha value is -2.81. The molecule has 0 atom stereocenters. The molecular formula is C28H31N5S3. The number of hydrogen-bond acceptors (Lipinski definition) is 8. The number of para-hydroxylation sites is 1. The smallest absolute Gasteiger partial charge is 0.170 e. The van der Waals surface area contributed by atoms with Gasteiger partial charge < -0.3 is 0 Å². The number of hydrogen-bond donors (Lipinski definition) is 0. The summed E-state index contributed by atoms with van der Waals surface area (Å²) in [5, 5.41) is 3.57. The van der Waals surface area contributed by atoms with E-state index < -0.39 is 0 Å². The quantitative estimate of drug-likeness (QED) is 0.227. The Morgan fingerprint density at radius 3 is 1.72 bits per heavy atom. The van der Waals surface area contributed by atoms with Gasteiger partial charge in [0.2, 0.25) is 0 Å². The SMILES string of the molecule is CC(C)c1nc2ccccc2s1.CC(C)c1nc2cccnc2s1.CC(C)c1nc2ncccc2s1. The number of aromatic nitrogens is 5. The number of nitrogens with zero attached hydrogens (tertiary/aromatic N) is 5. The number of fused-ring (bicyclic) bond motifs is 3. The first-order chi connectivity index (χ1) is 17.3. The minimum atomic E-state index is 0.504. The first kappa shape index (κ1) is 26.3. The summed E-state index contributed by atoms with van der Waals surface area (Å²) in [5.41, 5.74) is 3.03. The third kappa shape index (κ3) is 6.49. The lowest BCUT2D eigenvalue weighted by Crippen LogP contribution is -1.83. The summed E-state index contributed by atoms with van der Waals surface area (Å²) in [6.45, 7) is 13.0. The summed E-state index contributed by atoms with van der Waals surface area (Å²) < 4.78 is 2.47. The molecule has 5 nitrogen and oxygen atoms in total. The van der Waals surface area contributed by atoms with Gasteiger partial charge in [-0.05, 0) is 36.4 Å². The molecule has 36 heavy (non-hydrogen) atoms. The van der Waals surface area contributed by atoms with Crippen molar-refractivity contribution < 1.29 is 0 Å². The van der Waals surface area contributed by atoms with Gasteiger partial charge >= 0.3 is 0 Å². The molecule has 0 aliphatic heterocycles. The average Bonchev–Trinajstić information content (AvgIpc) is 3.61. The van der Waals surface area contributed by atoms with Gasteiger partial charge in [-0.15, -0.1) is 22.7 Å². The van der Waals surface area contributed by atoms with Gasteiger partial charge in [-0.25, -0.2) is 24.9 Å². The summed E-state index contributed by atoms with van der Waals surface area (Å²) in [6.07, 6.45) is 3.59. The third-order valence-corrected chi connectivity index (χ3v) is 9.08. The number of thiazole rings is 3. The first-order valence-corrected chi connectivity index (χ1v) is 14.5. The Balaban J connectivity index is 0.000000127. The third-order valence-electron chi connectivity index (χ3n) is 5.16. The first-order valence-electron chi connectivity index (χ1n) is 12.1. The zero-order chi connectivity index (χ0) is 25.7. The van der Waals surface area contributed by atoms with E-state index in [1.165, 1.54) is 24.4 Å². The van der Waals surface area contributed by atoms with Crippen LogP contribution >= 0.6 is 34.0 Å². The molecule has 0 unspecified atom stereocenters. The molecule has 0 fully saturated rings. The lowest BCUT2D eigenvalue weighted by molar-refractivity contribution is 0.855. The van der Waals surface area contributed by atoms with E-state index in [2.05, 4.69) is 90.7 Å². The van der Waals surface area contributed by atoms with Crippen LogP contribution in [-0.2, 0) is 0 Å². The van der Waals surface area contributed by atoms with Crippen LogP contribution in [0.3, 0.4) is 0 Å². The largest absolute Gasteiger partial charge is 0.244 e. The Bertz CT molecular complexity index is 1260. The van der Waals surface area contributed by atoms with E-state index in [4.69, 9.17) is 0 Å². The maximum absolute atomic E-state index is 4.53. The molecule has 0 bridgehead atoms. The van der Waals surface area contributed by atoms with Crippen molar-refractivity contribution in [2.24, 2.45) is 0 Å². The molecular weight excluding hydrogens is 503 g/mol. The second-order valence-electron chi connectivity index (χ2n) is 9.24. The van der Waals surface area contributed by atoms with E-state index in [1.54, 1.807) is 40.2 Å². The van der Waals surface area contributed by atoms with Crippen molar-refractivity contribution in [2.45, 2.75) is 59.3 Å². The summed E-state index contributed by atoms with van der Waals surface area (Å²) in [5.74, 6) is 1.55. The molecule has 0 saturated heterocycles. The van der Waals surface area contributed by atoms with Gasteiger partial charge in [0.05, 0.1) is 29.9 Å². The molecule has 5 aromatic heterocycles. The standard InChI is InChI=1S/C10H11NS.2C9H10N2S/c1-7(2)10-11-8-5-3-4-6-9(8)12-10;1-6(2)9-11-8-7(12-9)4-3-5-10-8;1-6(2)8-11-7-4-3-5-10-9(7)12-8/h3-7H,1-2H3;2*3-6H,1-2H3. The number of pyridine rings is 2. The lowest BCUT2D eigenvalue weighted by Gasteiger charge is -1.94. The van der Waals surface area contributed by atoms with Crippen LogP contribution in [0.4, 0.5) is 0 Å². The van der Waals surface area contributed by atoms with E-state index in [-0.39, 0.29) is 0 Å². The molecule has 6 aromatic rings. The van der Waals surface area contributed by atoms with Crippen LogP contribution < -0.4 is 0 Å². The molecule has 5 heterocycles. The summed E-state index contributed by atoms with van der Waals surface area (Å²) in [7, 11) is 0. The average molecular weight is 534 g/mol. The van der Waals surface area contributed by atoms with E-state index in [1.807, 2.05) is 30.5 Å². The maximum atomic E-state index is 4.53. The zero-order valence-corrected chi connectivity index (χ0v) is 23.9. The Morgan fingerprint density at radius 1 is 0.528 bits per heavy atom. The topological polar surface area (TPSA) is 64.5 Å². The molecule has 0 radical (unpaired) electrons. The number of rotatable bonds is 3. The van der Waals surface area contributed by atoms with Gasteiger partial charge in [-0.3, -0.25) is 0 Å². The second kappa shape index (κ2) is 12.0. The van der Waals surface area contributed by atoms with Crippen molar-refractivity contribution in [1.82, 2.24) is 24.9 Å². The van der Waals surface area contributed by atoms with Crippen molar-refractivity contribution in [3.8, 4) is 0 Å². The van der Waals surface area contributed by atoms with Crippen molar-refractivity contribution >= 4 is 64.9 Å². The van der Waals surface area contributed by atoms with Gasteiger partial charge in [0.25, 0.3) is 0 Å². The monoisotopic (exact) mass is 533 g/mol. The van der Waals surface area contributed by atoms with Crippen LogP contribution in [-0.4, -0.2) is 24.9 Å². The number of benzene rings is 1. The van der Waals surface area contributed by atoms with Gasteiger partial charge in [0.1, 0.15) is 10.3 Å². The molecule has 8 heteroatoms. The van der Waals surface area contributed by atoms with Gasteiger partial charge in [0.15, 0.2) is 5.65 Å². The molecule has 0 aliphatic carbocycles. The molecule has 0 aliphatic rings. The van der Waals surface area contributed by atoms with Gasteiger partial charge in [0, 0.05) is 30.1 Å². The van der Waals surface area contributed by atoms with Crippen LogP contribution in [0, 0.1) is 0 Å². The van der Waals surface area contributed by atoms with Crippen molar-refractivity contribution in [3.63, 3.8) is 0 Å². The van der Waals surface area contributed by atoms with Crippen molar-refractivity contribution in [1.29, 1.82) is 0 Å². The van der Waals surface area contributed by atoms with Crippen LogP contribution in [0.2, 0.25) is 0 Å². The normalized spacial score (nSPS) is 11.2. The Morgan fingerprint density at radius 2 is 1.06 bits per heavy atom. The molecule has 186 valence electrons. The van der Waals surface area contributed by atoms with Crippen molar-refractivity contribution in [2.75, 3.05) is 0 Å². The van der Waals surface area contributed by atoms with E-state index in [0.717, 1.165) is 21.5 Å². The van der Waals surface area contributed by atoms with E-state index in [9.17, 15) is 0 Å². The Labute approximate surface area is 224 Å². The minimum absolute atomic E-state index is 0.504. The lowest BCUT2D eigenvalue weighted by atomic mass is 10.2. The second-order valence-corrected chi connectivity index (χ2v) is 12.4. The highest BCUT2D eigenvalue weighted by atomic mass is 32.1. The predicted octanol–water partition coefficient (Wildman–Crippen LogP) is 9.05. The molecule has 0 spiro atoms. The fraction of sp³-hybridized carbons (Fsp3) is 0.321. The molecule has 0 saturated carbocycles. The molecule has 0 amide bonds. The van der Waals surface area contributed by atoms with Gasteiger partial charge in [-0.1, -0.05) is 65.0 Å². The molecule has 6 rings (SSSR count). The highest BCUT2D eigenvalue weighted by Crippen LogP contribution is 2.27. The van der Waals surface area contributed by atoms with Crippen LogP contribution in [0.5, 0.6) is 0 Å². The summed E-state index contributed by atoms with van der Waals surface area (Å²) in [6, 6.07) is 16.2. The van der Waals surface area contributed by atoms with Crippen LogP contribution in [0.1, 0.15) is 74.3 Å². The van der Waals surface area contributed by atoms with E-state index in [0.29, 0.717) is 17.8 Å². The zero-order valence-electron chi connectivity index (χ0n) is 21.5. The minimum Gasteiger partial charge on any atom is -0.244 e. The molecule has 0 N–H and O–H groups in total. The van der Waals surface area contributed by atoms with Gasteiger partial charge in [-0.2, -0.15) is 0 Å². The van der Waals surface area contributed by atoms with Crippen LogP contribution in [0.25, 0.3) is 30.9 Å². The van der Waals surface area contributed by atoms with Crippen LogP contribution in [0.15, 0.2) is 60.9 Å². The fourth-order valence-corrected chi connectivity index (χ4v) is 6.01. The summed E-state index contributed by atoms with van der Waals surface area (Å²) in [4.78, 5) is 22.9. The highest BCUT2D eigenvalue weighted by molar-refractivity contribution is 7.19. The predicted molar refractivity (Wildman–Crippen MR) is 157 cm³/mol. The van der Waals surface area contributed by atoms with E-state index >= 15 is 0 Å². The fourth-order valence-electron chi connectivity index (χ4n) is 3.20. The molecule has 1 aromatic carbocycles.